The van der Waals surface area contributed by atoms with Crippen molar-refractivity contribution in [2.75, 3.05) is 22.5 Å². The SMILES string of the molecule is C=CCNc1nnc(SCC(=O)N(Cc2ccccc2)c2nc3c(s2)CCCC3)s1. The molecule has 0 spiro atoms. The van der Waals surface area contributed by atoms with Gasteiger partial charge in [-0.05, 0) is 31.2 Å². The molecular weight excluding hydrogens is 434 g/mol. The highest BCUT2D eigenvalue weighted by Gasteiger charge is 2.24. The third-order valence-corrected chi connectivity index (χ3v) is 7.85. The fraction of sp³-hybridized carbons (Fsp3) is 0.333. The van der Waals surface area contributed by atoms with Crippen LogP contribution in [0.3, 0.4) is 0 Å². The van der Waals surface area contributed by atoms with Crippen LogP contribution in [0.25, 0.3) is 0 Å². The van der Waals surface area contributed by atoms with E-state index in [1.54, 1.807) is 17.4 Å². The Labute approximate surface area is 188 Å². The number of aryl methyl sites for hydroxylation is 2. The molecule has 1 aliphatic carbocycles. The monoisotopic (exact) mass is 457 g/mol. The molecule has 3 aromatic rings. The van der Waals surface area contributed by atoms with Crippen LogP contribution in [0.5, 0.6) is 0 Å². The molecule has 9 heteroatoms. The lowest BCUT2D eigenvalue weighted by Gasteiger charge is -2.19. The van der Waals surface area contributed by atoms with Crippen LogP contribution in [-0.2, 0) is 24.2 Å². The van der Waals surface area contributed by atoms with Gasteiger partial charge in [-0.15, -0.1) is 28.1 Å². The van der Waals surface area contributed by atoms with E-state index in [-0.39, 0.29) is 5.91 Å². The number of thiazole rings is 1. The number of nitrogens with zero attached hydrogens (tertiary/aromatic N) is 4. The molecule has 1 aromatic carbocycles. The van der Waals surface area contributed by atoms with Crippen LogP contribution in [0.15, 0.2) is 47.3 Å². The summed E-state index contributed by atoms with van der Waals surface area (Å²) >= 11 is 4.53. The standard InChI is InChI=1S/C21H23N5OS3/c1-2-12-22-19-24-25-21(30-19)28-14-18(27)26(13-15-8-4-3-5-9-15)20-23-16-10-6-7-11-17(16)29-20/h2-5,8-9H,1,6-7,10-14H2,(H,22,24). The van der Waals surface area contributed by atoms with E-state index in [0.29, 0.717) is 18.8 Å². The molecule has 1 amide bonds. The van der Waals surface area contributed by atoms with Gasteiger partial charge in [0.1, 0.15) is 0 Å². The number of thioether (sulfide) groups is 1. The van der Waals surface area contributed by atoms with Crippen LogP contribution in [0, 0.1) is 0 Å². The van der Waals surface area contributed by atoms with Crippen molar-refractivity contribution in [1.82, 2.24) is 15.2 Å². The first-order valence-electron chi connectivity index (χ1n) is 9.87. The van der Waals surface area contributed by atoms with Crippen molar-refractivity contribution < 1.29 is 4.79 Å². The molecule has 1 N–H and O–H groups in total. The number of rotatable bonds is 9. The number of amides is 1. The molecule has 0 radical (unpaired) electrons. The molecule has 0 bridgehead atoms. The minimum Gasteiger partial charge on any atom is -0.357 e. The molecule has 2 aromatic heterocycles. The van der Waals surface area contributed by atoms with Crippen molar-refractivity contribution in [2.24, 2.45) is 0 Å². The van der Waals surface area contributed by atoms with Crippen LogP contribution in [0.4, 0.5) is 10.3 Å². The zero-order chi connectivity index (χ0) is 20.8. The highest BCUT2D eigenvalue weighted by Crippen LogP contribution is 2.33. The molecule has 6 nitrogen and oxygen atoms in total. The van der Waals surface area contributed by atoms with Gasteiger partial charge in [-0.1, -0.05) is 59.5 Å². The molecule has 156 valence electrons. The molecule has 0 unspecified atom stereocenters. The Morgan fingerprint density at radius 2 is 2.03 bits per heavy atom. The van der Waals surface area contributed by atoms with E-state index >= 15 is 0 Å². The fourth-order valence-corrected chi connectivity index (χ4v) is 5.98. The van der Waals surface area contributed by atoms with E-state index < -0.39 is 0 Å². The largest absolute Gasteiger partial charge is 0.357 e. The highest BCUT2D eigenvalue weighted by molar-refractivity contribution is 8.01. The topological polar surface area (TPSA) is 71.0 Å². The number of carbonyl (C=O) groups is 1. The van der Waals surface area contributed by atoms with Gasteiger partial charge in [-0.2, -0.15) is 0 Å². The fourth-order valence-electron chi connectivity index (χ4n) is 3.18. The summed E-state index contributed by atoms with van der Waals surface area (Å²) in [4.78, 5) is 21.2. The van der Waals surface area contributed by atoms with Gasteiger partial charge in [0.05, 0.1) is 18.0 Å². The minimum absolute atomic E-state index is 0.0331. The zero-order valence-corrected chi connectivity index (χ0v) is 19.0. The van der Waals surface area contributed by atoms with Crippen LogP contribution in [0.2, 0.25) is 0 Å². The van der Waals surface area contributed by atoms with Gasteiger partial charge >= 0.3 is 0 Å². The van der Waals surface area contributed by atoms with Gasteiger partial charge in [0.25, 0.3) is 0 Å². The van der Waals surface area contributed by atoms with Crippen molar-refractivity contribution in [3.63, 3.8) is 0 Å². The Hall–Kier alpha value is -2.23. The van der Waals surface area contributed by atoms with Crippen LogP contribution in [-0.4, -0.2) is 33.4 Å². The van der Waals surface area contributed by atoms with E-state index in [0.717, 1.165) is 33.0 Å². The van der Waals surface area contributed by atoms with Gasteiger partial charge in [0.2, 0.25) is 11.0 Å². The Balaban J connectivity index is 1.48. The van der Waals surface area contributed by atoms with Gasteiger partial charge in [-0.3, -0.25) is 9.69 Å². The second-order valence-corrected chi connectivity index (χ2v) is 10.1. The van der Waals surface area contributed by atoms with Crippen molar-refractivity contribution in [1.29, 1.82) is 0 Å². The number of benzene rings is 1. The number of anilines is 2. The predicted octanol–water partition coefficient (Wildman–Crippen LogP) is 4.80. The number of nitrogens with one attached hydrogen (secondary N) is 1. The van der Waals surface area contributed by atoms with Crippen LogP contribution in [0.1, 0.15) is 29.0 Å². The maximum atomic E-state index is 13.2. The van der Waals surface area contributed by atoms with E-state index in [1.807, 2.05) is 35.2 Å². The van der Waals surface area contributed by atoms with Gasteiger partial charge < -0.3 is 5.32 Å². The molecule has 0 atom stereocenters. The summed E-state index contributed by atoms with van der Waals surface area (Å²) in [5.41, 5.74) is 2.26. The summed E-state index contributed by atoms with van der Waals surface area (Å²) in [5, 5.41) is 12.9. The van der Waals surface area contributed by atoms with Crippen molar-refractivity contribution in [2.45, 2.75) is 36.6 Å². The molecule has 30 heavy (non-hydrogen) atoms. The molecule has 0 fully saturated rings. The minimum atomic E-state index is 0.0331. The Morgan fingerprint density at radius 1 is 1.20 bits per heavy atom. The van der Waals surface area contributed by atoms with E-state index in [9.17, 15) is 4.79 Å². The van der Waals surface area contributed by atoms with Crippen LogP contribution >= 0.6 is 34.4 Å². The Morgan fingerprint density at radius 3 is 2.83 bits per heavy atom. The molecular formula is C21H23N5OS3. The number of fused-ring (bicyclic) bond motifs is 1. The number of hydrogen-bond acceptors (Lipinski definition) is 8. The second-order valence-electron chi connectivity index (χ2n) is 6.87. The van der Waals surface area contributed by atoms with E-state index in [2.05, 4.69) is 22.1 Å². The van der Waals surface area contributed by atoms with Gasteiger partial charge in [-0.25, -0.2) is 4.98 Å². The molecule has 0 saturated carbocycles. The normalized spacial score (nSPS) is 12.9. The first kappa shape index (κ1) is 21.0. The molecule has 0 aliphatic heterocycles. The highest BCUT2D eigenvalue weighted by atomic mass is 32.2. The lowest BCUT2D eigenvalue weighted by molar-refractivity contribution is -0.116. The van der Waals surface area contributed by atoms with Crippen molar-refractivity contribution in [3.8, 4) is 0 Å². The molecule has 2 heterocycles. The smallest absolute Gasteiger partial charge is 0.239 e. The Kier molecular flexibility index (Phi) is 7.14. The molecule has 1 aliphatic rings. The first-order valence-corrected chi connectivity index (χ1v) is 12.5. The molecule has 0 saturated heterocycles. The average molecular weight is 458 g/mol. The number of aromatic nitrogens is 3. The van der Waals surface area contributed by atoms with Gasteiger partial charge in [0.15, 0.2) is 9.47 Å². The third-order valence-electron chi connectivity index (χ3n) is 4.67. The summed E-state index contributed by atoms with van der Waals surface area (Å²) in [7, 11) is 0. The lowest BCUT2D eigenvalue weighted by Crippen LogP contribution is -2.31. The maximum absolute atomic E-state index is 13.2. The summed E-state index contributed by atoms with van der Waals surface area (Å²) in [6, 6.07) is 10.1. The summed E-state index contributed by atoms with van der Waals surface area (Å²) < 4.78 is 0.771. The van der Waals surface area contributed by atoms with E-state index in [1.165, 1.54) is 46.5 Å². The lowest BCUT2D eigenvalue weighted by atomic mass is 10.0. The number of carbonyl (C=O) groups excluding carboxylic acids is 1. The summed E-state index contributed by atoms with van der Waals surface area (Å²) in [5.74, 6) is 0.332. The van der Waals surface area contributed by atoms with E-state index in [4.69, 9.17) is 4.98 Å². The quantitative estimate of drug-likeness (QED) is 0.368. The summed E-state index contributed by atoms with van der Waals surface area (Å²) in [6.45, 7) is 4.84. The Bertz CT molecular complexity index is 978. The number of hydrogen-bond donors (Lipinski definition) is 1. The zero-order valence-electron chi connectivity index (χ0n) is 16.5. The molecule has 4 rings (SSSR count). The first-order chi connectivity index (χ1) is 14.7. The third kappa shape index (κ3) is 5.27. The predicted molar refractivity (Wildman–Crippen MR) is 126 cm³/mol. The van der Waals surface area contributed by atoms with Crippen LogP contribution < -0.4 is 10.2 Å². The summed E-state index contributed by atoms with van der Waals surface area (Å²) in [6.07, 6.45) is 6.24. The van der Waals surface area contributed by atoms with Crippen molar-refractivity contribution in [3.05, 3.63) is 59.1 Å². The van der Waals surface area contributed by atoms with Gasteiger partial charge in [0, 0.05) is 11.4 Å². The second kappa shape index (κ2) is 10.2. The van der Waals surface area contributed by atoms with Crippen molar-refractivity contribution >= 4 is 50.6 Å². The average Bonchev–Trinajstić information content (AvgIpc) is 3.41. The maximum Gasteiger partial charge on any atom is 0.239 e.